The van der Waals surface area contributed by atoms with Crippen molar-refractivity contribution in [3.63, 3.8) is 0 Å². The van der Waals surface area contributed by atoms with Crippen LogP contribution in [-0.4, -0.2) is 15.9 Å². The van der Waals surface area contributed by atoms with Crippen LogP contribution in [0.25, 0.3) is 11.1 Å². The van der Waals surface area contributed by atoms with Crippen molar-refractivity contribution in [1.29, 1.82) is 0 Å². The lowest BCUT2D eigenvalue weighted by Gasteiger charge is -2.22. The van der Waals surface area contributed by atoms with E-state index in [0.717, 1.165) is 47.2 Å². The molecule has 3 nitrogen and oxygen atoms in total. The molecule has 0 aliphatic carbocycles. The number of Topliss-reactive ketones (excluding diaryl/α,β-unsaturated/α-hetero) is 1. The quantitative estimate of drug-likeness (QED) is 0.505. The average molecular weight is 357 g/mol. The summed E-state index contributed by atoms with van der Waals surface area (Å²) in [5.74, 6) is -0.317. The van der Waals surface area contributed by atoms with Gasteiger partial charge < -0.3 is 5.11 Å². The zero-order chi connectivity index (χ0) is 19.3. The second kappa shape index (κ2) is 9.04. The van der Waals surface area contributed by atoms with E-state index < -0.39 is 0 Å². The third kappa shape index (κ3) is 4.36. The van der Waals surface area contributed by atoms with E-state index in [-0.39, 0.29) is 24.1 Å². The number of hydrogen-bond acceptors (Lipinski definition) is 3. The monoisotopic (exact) mass is 357 g/mol. The van der Waals surface area contributed by atoms with Crippen LogP contribution in [0.5, 0.6) is 0 Å². The molecule has 0 fully saturated rings. The predicted molar refractivity (Wildman–Crippen MR) is 103 cm³/mol. The molecule has 0 bridgehead atoms. The second-order valence-electron chi connectivity index (χ2n) is 7.01. The summed E-state index contributed by atoms with van der Waals surface area (Å²) in [5.41, 5.74) is 4.47. The molecule has 4 heteroatoms. The van der Waals surface area contributed by atoms with Crippen LogP contribution in [0.15, 0.2) is 24.3 Å². The van der Waals surface area contributed by atoms with Gasteiger partial charge in [-0.2, -0.15) is 0 Å². The van der Waals surface area contributed by atoms with Crippen molar-refractivity contribution in [2.24, 2.45) is 0 Å². The van der Waals surface area contributed by atoms with Gasteiger partial charge in [0.05, 0.1) is 6.61 Å². The van der Waals surface area contributed by atoms with Crippen molar-refractivity contribution >= 4 is 5.78 Å². The van der Waals surface area contributed by atoms with Crippen molar-refractivity contribution in [3.8, 4) is 11.1 Å². The minimum atomic E-state index is -0.309. The van der Waals surface area contributed by atoms with Crippen LogP contribution in [-0.2, 0) is 13.0 Å². The zero-order valence-corrected chi connectivity index (χ0v) is 16.1. The van der Waals surface area contributed by atoms with Crippen LogP contribution in [0.1, 0.15) is 80.2 Å². The Hall–Kier alpha value is -2.07. The molecule has 0 saturated carbocycles. The van der Waals surface area contributed by atoms with Gasteiger partial charge in [0.15, 0.2) is 5.78 Å². The van der Waals surface area contributed by atoms with Crippen LogP contribution in [0, 0.1) is 5.82 Å². The van der Waals surface area contributed by atoms with Crippen LogP contribution in [0.4, 0.5) is 4.39 Å². The summed E-state index contributed by atoms with van der Waals surface area (Å²) in [6.45, 7) is 7.49. The van der Waals surface area contributed by atoms with Gasteiger partial charge in [-0.3, -0.25) is 4.79 Å². The smallest absolute Gasteiger partial charge is 0.178 e. The van der Waals surface area contributed by atoms with E-state index in [4.69, 9.17) is 0 Å². The number of aromatic nitrogens is 1. The highest BCUT2D eigenvalue weighted by molar-refractivity contribution is 5.96. The Kier molecular flexibility index (Phi) is 7.04. The van der Waals surface area contributed by atoms with Crippen molar-refractivity contribution in [3.05, 3.63) is 52.6 Å². The van der Waals surface area contributed by atoms with Gasteiger partial charge in [0.2, 0.25) is 0 Å². The first-order chi connectivity index (χ1) is 12.4. The standard InChI is InChI=1S/C22H28FNO2/c1-5-6-7-8-18-20(16-9-11-17(23)12-10-16)19(13-25)21(14(2)3)24-22(18)15(4)26/h9-12,14,25H,5-8,13H2,1-4H3. The summed E-state index contributed by atoms with van der Waals surface area (Å²) in [5, 5.41) is 10.1. The number of aliphatic hydroxyl groups is 1. The Morgan fingerprint density at radius 2 is 1.81 bits per heavy atom. The molecule has 26 heavy (non-hydrogen) atoms. The molecule has 0 spiro atoms. The molecule has 1 aromatic carbocycles. The third-order valence-corrected chi connectivity index (χ3v) is 4.63. The Morgan fingerprint density at radius 1 is 1.15 bits per heavy atom. The van der Waals surface area contributed by atoms with Crippen molar-refractivity contribution in [2.45, 2.75) is 65.9 Å². The number of carbonyl (C=O) groups excluding carboxylic acids is 1. The molecule has 1 aromatic heterocycles. The Bertz CT molecular complexity index is 767. The van der Waals surface area contributed by atoms with Crippen molar-refractivity contribution in [1.82, 2.24) is 4.98 Å². The lowest BCUT2D eigenvalue weighted by molar-refractivity contribution is 0.101. The molecule has 1 heterocycles. The number of nitrogens with zero attached hydrogens (tertiary/aromatic N) is 1. The minimum Gasteiger partial charge on any atom is -0.392 e. The van der Waals surface area contributed by atoms with Crippen LogP contribution >= 0.6 is 0 Å². The molecular weight excluding hydrogens is 329 g/mol. The van der Waals surface area contributed by atoms with Gasteiger partial charge in [-0.15, -0.1) is 0 Å². The molecule has 0 unspecified atom stereocenters. The maximum absolute atomic E-state index is 13.4. The van der Waals surface area contributed by atoms with Gasteiger partial charge in [-0.1, -0.05) is 45.7 Å². The number of carbonyl (C=O) groups is 1. The first-order valence-corrected chi connectivity index (χ1v) is 9.34. The molecule has 1 N–H and O–H groups in total. The summed E-state index contributed by atoms with van der Waals surface area (Å²) in [7, 11) is 0. The third-order valence-electron chi connectivity index (χ3n) is 4.63. The largest absolute Gasteiger partial charge is 0.392 e. The van der Waals surface area contributed by atoms with Crippen LogP contribution < -0.4 is 0 Å². The van der Waals surface area contributed by atoms with Gasteiger partial charge in [-0.25, -0.2) is 9.37 Å². The zero-order valence-electron chi connectivity index (χ0n) is 16.1. The summed E-state index contributed by atoms with van der Waals surface area (Å²) >= 11 is 0. The van der Waals surface area contributed by atoms with E-state index in [9.17, 15) is 14.3 Å². The van der Waals surface area contributed by atoms with Gasteiger partial charge in [0, 0.05) is 18.2 Å². The number of rotatable bonds is 8. The lowest BCUT2D eigenvalue weighted by Crippen LogP contribution is -2.14. The maximum atomic E-state index is 13.4. The molecule has 0 aliphatic heterocycles. The van der Waals surface area contributed by atoms with Gasteiger partial charge in [0.25, 0.3) is 0 Å². The SMILES string of the molecule is CCCCCc1c(C(C)=O)nc(C(C)C)c(CO)c1-c1ccc(F)cc1. The summed E-state index contributed by atoms with van der Waals surface area (Å²) < 4.78 is 13.4. The van der Waals surface area contributed by atoms with Crippen LogP contribution in [0.3, 0.4) is 0 Å². The highest BCUT2D eigenvalue weighted by atomic mass is 19.1. The van der Waals surface area contributed by atoms with E-state index in [1.165, 1.54) is 19.1 Å². The fraction of sp³-hybridized carbons (Fsp3) is 0.455. The van der Waals surface area contributed by atoms with Gasteiger partial charge >= 0.3 is 0 Å². The molecule has 0 atom stereocenters. The fourth-order valence-corrected chi connectivity index (χ4v) is 3.37. The number of aliphatic hydroxyl groups excluding tert-OH is 1. The number of hydrogen-bond donors (Lipinski definition) is 1. The predicted octanol–water partition coefficient (Wildman–Crippen LogP) is 5.44. The van der Waals surface area contributed by atoms with E-state index in [0.29, 0.717) is 12.1 Å². The first kappa shape index (κ1) is 20.2. The normalized spacial score (nSPS) is 11.2. The van der Waals surface area contributed by atoms with Gasteiger partial charge in [-0.05, 0) is 47.6 Å². The molecule has 0 amide bonds. The summed E-state index contributed by atoms with van der Waals surface area (Å²) in [6, 6.07) is 6.24. The average Bonchev–Trinajstić information content (AvgIpc) is 2.61. The molecule has 0 aliphatic rings. The fourth-order valence-electron chi connectivity index (χ4n) is 3.37. The van der Waals surface area contributed by atoms with E-state index in [1.54, 1.807) is 12.1 Å². The van der Waals surface area contributed by atoms with Gasteiger partial charge in [0.1, 0.15) is 11.5 Å². The number of unbranched alkanes of at least 4 members (excludes halogenated alkanes) is 2. The lowest BCUT2D eigenvalue weighted by atomic mass is 9.87. The number of ketones is 1. The summed E-state index contributed by atoms with van der Waals surface area (Å²) in [6.07, 6.45) is 3.79. The second-order valence-corrected chi connectivity index (χ2v) is 7.01. The molecule has 140 valence electrons. The maximum Gasteiger partial charge on any atom is 0.178 e. The minimum absolute atomic E-state index is 0.0686. The molecular formula is C22H28FNO2. The topological polar surface area (TPSA) is 50.2 Å². The van der Waals surface area contributed by atoms with E-state index >= 15 is 0 Å². The van der Waals surface area contributed by atoms with E-state index in [1.807, 2.05) is 13.8 Å². The van der Waals surface area contributed by atoms with Crippen molar-refractivity contribution < 1.29 is 14.3 Å². The molecule has 0 saturated heterocycles. The highest BCUT2D eigenvalue weighted by Gasteiger charge is 2.23. The highest BCUT2D eigenvalue weighted by Crippen LogP contribution is 2.35. The molecule has 2 rings (SSSR count). The van der Waals surface area contributed by atoms with E-state index in [2.05, 4.69) is 11.9 Å². The Morgan fingerprint density at radius 3 is 2.31 bits per heavy atom. The number of halogens is 1. The summed E-state index contributed by atoms with van der Waals surface area (Å²) in [4.78, 5) is 17.0. The first-order valence-electron chi connectivity index (χ1n) is 9.34. The Balaban J connectivity index is 2.79. The van der Waals surface area contributed by atoms with Crippen molar-refractivity contribution in [2.75, 3.05) is 0 Å². The Labute approximate surface area is 155 Å². The number of benzene rings is 1. The molecule has 0 radical (unpaired) electrons. The van der Waals surface area contributed by atoms with Crippen LogP contribution in [0.2, 0.25) is 0 Å². The molecule has 2 aromatic rings. The number of pyridine rings is 1.